The van der Waals surface area contributed by atoms with Crippen LogP contribution in [0.2, 0.25) is 0 Å². The molecule has 0 aliphatic carbocycles. The fraction of sp³-hybridized carbons (Fsp3) is 0.176. The third-order valence-corrected chi connectivity index (χ3v) is 3.80. The lowest BCUT2D eigenvalue weighted by atomic mass is 10.0. The molecule has 1 heterocycles. The molecule has 4 nitrogen and oxygen atoms in total. The zero-order chi connectivity index (χ0) is 16.4. The molecule has 2 aromatic rings. The molecule has 23 heavy (non-hydrogen) atoms. The second-order valence-corrected chi connectivity index (χ2v) is 5.32. The molecule has 118 valence electrons. The Morgan fingerprint density at radius 3 is 2.43 bits per heavy atom. The molecule has 0 saturated carbocycles. The number of likely N-dealkylation sites (tertiary alicyclic amines) is 1. The van der Waals surface area contributed by atoms with E-state index >= 15 is 0 Å². The van der Waals surface area contributed by atoms with Gasteiger partial charge in [-0.05, 0) is 29.8 Å². The minimum Gasteiger partial charge on any atom is -0.307 e. The molecule has 0 bridgehead atoms. The number of rotatable bonds is 2. The van der Waals surface area contributed by atoms with E-state index in [4.69, 9.17) is 5.41 Å². The Hall–Kier alpha value is -2.76. The van der Waals surface area contributed by atoms with Gasteiger partial charge in [0.2, 0.25) is 0 Å². The molecule has 1 aliphatic heterocycles. The summed E-state index contributed by atoms with van der Waals surface area (Å²) in [5, 5.41) is 10.4. The quantitative estimate of drug-likeness (QED) is 0.860. The molecule has 2 N–H and O–H groups in total. The van der Waals surface area contributed by atoms with Gasteiger partial charge in [0.15, 0.2) is 6.17 Å². The van der Waals surface area contributed by atoms with Crippen LogP contribution >= 0.6 is 0 Å². The van der Waals surface area contributed by atoms with Crippen LogP contribution in [0.5, 0.6) is 0 Å². The molecule has 0 spiro atoms. The third kappa shape index (κ3) is 3.06. The van der Waals surface area contributed by atoms with Crippen LogP contribution in [-0.4, -0.2) is 22.9 Å². The van der Waals surface area contributed by atoms with Crippen molar-refractivity contribution in [2.24, 2.45) is 0 Å². The molecule has 6 heteroatoms. The van der Waals surface area contributed by atoms with Gasteiger partial charge in [-0.2, -0.15) is 0 Å². The van der Waals surface area contributed by atoms with Crippen molar-refractivity contribution in [3.05, 3.63) is 66.0 Å². The summed E-state index contributed by atoms with van der Waals surface area (Å²) >= 11 is 0. The normalized spacial score (nSPS) is 20.6. The highest BCUT2D eigenvalue weighted by Gasteiger charge is 2.41. The summed E-state index contributed by atoms with van der Waals surface area (Å²) in [4.78, 5) is 13.6. The van der Waals surface area contributed by atoms with Crippen molar-refractivity contribution in [2.75, 3.05) is 5.32 Å². The summed E-state index contributed by atoms with van der Waals surface area (Å²) in [6.07, 6.45) is -1.43. The van der Waals surface area contributed by atoms with Gasteiger partial charge < -0.3 is 5.32 Å². The van der Waals surface area contributed by atoms with E-state index in [0.29, 0.717) is 5.69 Å². The second-order valence-electron chi connectivity index (χ2n) is 5.32. The first-order valence-electron chi connectivity index (χ1n) is 7.19. The van der Waals surface area contributed by atoms with Crippen LogP contribution in [-0.2, 0) is 0 Å². The lowest BCUT2D eigenvalue weighted by Gasteiger charge is -2.24. The summed E-state index contributed by atoms with van der Waals surface area (Å²) in [5.41, 5.74) is 1.16. The van der Waals surface area contributed by atoms with Gasteiger partial charge >= 0.3 is 6.03 Å². The summed E-state index contributed by atoms with van der Waals surface area (Å²) in [7, 11) is 0. The van der Waals surface area contributed by atoms with Gasteiger partial charge in [0, 0.05) is 12.1 Å². The Labute approximate surface area is 132 Å². The zero-order valence-corrected chi connectivity index (χ0v) is 12.2. The molecule has 1 fully saturated rings. The number of amidine groups is 1. The Bertz CT molecular complexity index is 718. The van der Waals surface area contributed by atoms with Gasteiger partial charge in [0.1, 0.15) is 11.7 Å². The fourth-order valence-electron chi connectivity index (χ4n) is 2.66. The maximum Gasteiger partial charge on any atom is 0.327 e. The standard InChI is InChI=1S/C17H15F2N3O/c18-12-6-8-13(9-7-12)21-17(23)22-15(10-14(19)16(22)20)11-4-2-1-3-5-11/h1-9,14-15,20H,10H2,(H,21,23). The molecular weight excluding hydrogens is 300 g/mol. The van der Waals surface area contributed by atoms with Gasteiger partial charge in [0.05, 0.1) is 6.04 Å². The first-order valence-corrected chi connectivity index (χ1v) is 7.19. The van der Waals surface area contributed by atoms with Gasteiger partial charge in [-0.15, -0.1) is 0 Å². The van der Waals surface area contributed by atoms with Crippen molar-refractivity contribution < 1.29 is 13.6 Å². The van der Waals surface area contributed by atoms with Crippen LogP contribution in [0.4, 0.5) is 19.3 Å². The molecule has 0 radical (unpaired) electrons. The molecule has 0 aromatic heterocycles. The number of urea groups is 1. The van der Waals surface area contributed by atoms with Crippen LogP contribution < -0.4 is 5.32 Å². The predicted molar refractivity (Wildman–Crippen MR) is 83.7 cm³/mol. The highest BCUT2D eigenvalue weighted by molar-refractivity contribution is 6.05. The Morgan fingerprint density at radius 2 is 1.78 bits per heavy atom. The van der Waals surface area contributed by atoms with E-state index in [0.717, 1.165) is 10.5 Å². The topological polar surface area (TPSA) is 56.2 Å². The average Bonchev–Trinajstić information content (AvgIpc) is 2.86. The van der Waals surface area contributed by atoms with Crippen LogP contribution in [0, 0.1) is 11.2 Å². The first-order chi connectivity index (χ1) is 11.1. The molecule has 1 saturated heterocycles. The van der Waals surface area contributed by atoms with E-state index < -0.39 is 24.1 Å². The first kappa shape index (κ1) is 15.1. The smallest absolute Gasteiger partial charge is 0.307 e. The van der Waals surface area contributed by atoms with Crippen molar-refractivity contribution in [2.45, 2.75) is 18.6 Å². The fourth-order valence-corrected chi connectivity index (χ4v) is 2.66. The number of hydrogen-bond acceptors (Lipinski definition) is 2. The number of hydrogen-bond donors (Lipinski definition) is 2. The molecule has 2 amide bonds. The minimum atomic E-state index is -1.49. The average molecular weight is 315 g/mol. The van der Waals surface area contributed by atoms with Gasteiger partial charge in [-0.1, -0.05) is 30.3 Å². The third-order valence-electron chi connectivity index (χ3n) is 3.80. The number of halogens is 2. The molecule has 2 aromatic carbocycles. The predicted octanol–water partition coefficient (Wildman–Crippen LogP) is 4.12. The Balaban J connectivity index is 1.84. The number of carbonyl (C=O) groups is 1. The highest BCUT2D eigenvalue weighted by atomic mass is 19.1. The number of amides is 2. The van der Waals surface area contributed by atoms with Crippen molar-refractivity contribution >= 4 is 17.6 Å². The molecule has 2 unspecified atom stereocenters. The molecule has 1 aliphatic rings. The number of carbonyl (C=O) groups excluding carboxylic acids is 1. The van der Waals surface area contributed by atoms with Crippen LogP contribution in [0.1, 0.15) is 18.0 Å². The SMILES string of the molecule is N=C1C(F)CC(c2ccccc2)N1C(=O)Nc1ccc(F)cc1. The van der Waals surface area contributed by atoms with E-state index in [1.54, 1.807) is 24.3 Å². The zero-order valence-electron chi connectivity index (χ0n) is 12.2. The van der Waals surface area contributed by atoms with E-state index in [1.165, 1.54) is 24.3 Å². The van der Waals surface area contributed by atoms with Gasteiger partial charge in [0.25, 0.3) is 0 Å². The van der Waals surface area contributed by atoms with E-state index in [2.05, 4.69) is 5.32 Å². The van der Waals surface area contributed by atoms with Crippen molar-refractivity contribution in [3.63, 3.8) is 0 Å². The molecule has 2 atom stereocenters. The van der Waals surface area contributed by atoms with E-state index in [-0.39, 0.29) is 12.3 Å². The van der Waals surface area contributed by atoms with Crippen molar-refractivity contribution in [1.29, 1.82) is 5.41 Å². The van der Waals surface area contributed by atoms with E-state index in [1.807, 2.05) is 6.07 Å². The van der Waals surface area contributed by atoms with Crippen LogP contribution in [0.25, 0.3) is 0 Å². The number of nitrogens with zero attached hydrogens (tertiary/aromatic N) is 1. The number of anilines is 1. The van der Waals surface area contributed by atoms with E-state index in [9.17, 15) is 13.6 Å². The number of benzene rings is 2. The summed E-state index contributed by atoms with van der Waals surface area (Å²) in [6, 6.07) is 13.2. The molecular formula is C17H15F2N3O. The summed E-state index contributed by atoms with van der Waals surface area (Å²) in [5.74, 6) is -0.777. The largest absolute Gasteiger partial charge is 0.327 e. The number of nitrogens with one attached hydrogen (secondary N) is 2. The number of alkyl halides is 1. The van der Waals surface area contributed by atoms with Gasteiger partial charge in [-0.3, -0.25) is 10.3 Å². The lowest BCUT2D eigenvalue weighted by Crippen LogP contribution is -2.38. The van der Waals surface area contributed by atoms with Crippen LogP contribution in [0.3, 0.4) is 0 Å². The maximum atomic E-state index is 14.0. The van der Waals surface area contributed by atoms with Crippen molar-refractivity contribution in [3.8, 4) is 0 Å². The van der Waals surface area contributed by atoms with Gasteiger partial charge in [-0.25, -0.2) is 13.6 Å². The Kier molecular flexibility index (Phi) is 4.06. The summed E-state index contributed by atoms with van der Waals surface area (Å²) < 4.78 is 26.9. The van der Waals surface area contributed by atoms with Crippen molar-refractivity contribution in [1.82, 2.24) is 4.90 Å². The summed E-state index contributed by atoms with van der Waals surface area (Å²) in [6.45, 7) is 0. The highest BCUT2D eigenvalue weighted by Crippen LogP contribution is 2.35. The second kappa shape index (κ2) is 6.16. The molecule has 3 rings (SSSR count). The minimum absolute atomic E-state index is 0.0552. The maximum absolute atomic E-state index is 14.0. The monoisotopic (exact) mass is 315 g/mol. The Morgan fingerprint density at radius 1 is 1.13 bits per heavy atom. The lowest BCUT2D eigenvalue weighted by molar-refractivity contribution is 0.225. The van der Waals surface area contributed by atoms with Crippen LogP contribution in [0.15, 0.2) is 54.6 Å².